The molecule has 2 bridgehead atoms. The average Bonchev–Trinajstić information content (AvgIpc) is 2.73. The molecule has 74 valence electrons. The SMILES string of the molecule is COC=CC1C(CO)[C@H]2CC[C@@H]1O2. The maximum absolute atomic E-state index is 9.20. The van der Waals surface area contributed by atoms with E-state index in [0.717, 1.165) is 12.8 Å². The Kier molecular flexibility index (Phi) is 2.56. The minimum absolute atomic E-state index is 0.222. The van der Waals surface area contributed by atoms with E-state index in [1.807, 2.05) is 6.08 Å². The van der Waals surface area contributed by atoms with Gasteiger partial charge in [0, 0.05) is 18.4 Å². The highest BCUT2D eigenvalue weighted by Gasteiger charge is 2.47. The van der Waals surface area contributed by atoms with Crippen molar-refractivity contribution in [2.45, 2.75) is 25.0 Å². The zero-order valence-corrected chi connectivity index (χ0v) is 7.85. The smallest absolute Gasteiger partial charge is 0.0788 e. The summed E-state index contributed by atoms with van der Waals surface area (Å²) in [4.78, 5) is 0. The number of ether oxygens (including phenoxy) is 2. The van der Waals surface area contributed by atoms with E-state index < -0.39 is 0 Å². The summed E-state index contributed by atoms with van der Waals surface area (Å²) in [7, 11) is 1.64. The third-order valence-electron chi connectivity index (χ3n) is 3.13. The van der Waals surface area contributed by atoms with E-state index in [-0.39, 0.29) is 18.6 Å². The molecular weight excluding hydrogens is 168 g/mol. The van der Waals surface area contributed by atoms with Crippen molar-refractivity contribution >= 4 is 0 Å². The third kappa shape index (κ3) is 1.46. The molecule has 2 aliphatic rings. The van der Waals surface area contributed by atoms with Gasteiger partial charge in [-0.2, -0.15) is 0 Å². The van der Waals surface area contributed by atoms with E-state index in [4.69, 9.17) is 9.47 Å². The molecule has 13 heavy (non-hydrogen) atoms. The average molecular weight is 184 g/mol. The molecule has 3 nitrogen and oxygen atoms in total. The van der Waals surface area contributed by atoms with Crippen LogP contribution >= 0.6 is 0 Å². The van der Waals surface area contributed by atoms with Gasteiger partial charge in [-0.3, -0.25) is 0 Å². The Morgan fingerprint density at radius 2 is 2.23 bits per heavy atom. The third-order valence-corrected chi connectivity index (χ3v) is 3.13. The fourth-order valence-electron chi connectivity index (χ4n) is 2.49. The van der Waals surface area contributed by atoms with Gasteiger partial charge in [0.1, 0.15) is 0 Å². The van der Waals surface area contributed by atoms with Gasteiger partial charge in [0.05, 0.1) is 25.6 Å². The standard InChI is InChI=1S/C10H16O3/c1-12-5-4-7-8(6-11)10-3-2-9(7)13-10/h4-5,7-11H,2-3,6H2,1H3/t7?,8?,9-,10+/m0/s1. The molecule has 0 aliphatic carbocycles. The van der Waals surface area contributed by atoms with Crippen LogP contribution in [0.4, 0.5) is 0 Å². The second-order valence-corrected chi connectivity index (χ2v) is 3.78. The lowest BCUT2D eigenvalue weighted by atomic mass is 9.80. The van der Waals surface area contributed by atoms with Crippen LogP contribution in [0.15, 0.2) is 12.3 Å². The number of aliphatic hydroxyl groups is 1. The van der Waals surface area contributed by atoms with Gasteiger partial charge in [-0.25, -0.2) is 0 Å². The summed E-state index contributed by atoms with van der Waals surface area (Å²) in [6.45, 7) is 0.222. The van der Waals surface area contributed by atoms with Crippen molar-refractivity contribution in [2.75, 3.05) is 13.7 Å². The summed E-state index contributed by atoms with van der Waals surface area (Å²) in [5.74, 6) is 0.633. The largest absolute Gasteiger partial charge is 0.505 e. The molecule has 2 saturated heterocycles. The quantitative estimate of drug-likeness (QED) is 0.663. The summed E-state index contributed by atoms with van der Waals surface area (Å²) in [5, 5.41) is 9.20. The molecule has 4 atom stereocenters. The first-order valence-corrected chi connectivity index (χ1v) is 4.82. The first-order chi connectivity index (χ1) is 6.36. The second-order valence-electron chi connectivity index (χ2n) is 3.78. The van der Waals surface area contributed by atoms with Crippen LogP contribution in [0.2, 0.25) is 0 Å². The van der Waals surface area contributed by atoms with Crippen LogP contribution in [0, 0.1) is 11.8 Å². The van der Waals surface area contributed by atoms with Crippen molar-refractivity contribution < 1.29 is 14.6 Å². The van der Waals surface area contributed by atoms with Crippen molar-refractivity contribution in [3.63, 3.8) is 0 Å². The van der Waals surface area contributed by atoms with Crippen molar-refractivity contribution in [1.82, 2.24) is 0 Å². The highest BCUT2D eigenvalue weighted by molar-refractivity contribution is 5.03. The van der Waals surface area contributed by atoms with Gasteiger partial charge in [-0.05, 0) is 18.9 Å². The van der Waals surface area contributed by atoms with Crippen LogP contribution in [0.1, 0.15) is 12.8 Å². The predicted octanol–water partition coefficient (Wildman–Crippen LogP) is 0.932. The van der Waals surface area contributed by atoms with E-state index in [9.17, 15) is 5.11 Å². The van der Waals surface area contributed by atoms with Gasteiger partial charge in [-0.1, -0.05) is 0 Å². The van der Waals surface area contributed by atoms with E-state index in [2.05, 4.69) is 0 Å². The zero-order valence-electron chi connectivity index (χ0n) is 7.85. The number of methoxy groups -OCH3 is 1. The summed E-state index contributed by atoms with van der Waals surface area (Å²) in [6.07, 6.45) is 6.53. The Balaban J connectivity index is 2.04. The van der Waals surface area contributed by atoms with Crippen molar-refractivity contribution in [1.29, 1.82) is 0 Å². The number of hydrogen-bond acceptors (Lipinski definition) is 3. The van der Waals surface area contributed by atoms with Crippen LogP contribution in [0.5, 0.6) is 0 Å². The molecule has 0 saturated carbocycles. The minimum Gasteiger partial charge on any atom is -0.505 e. The normalized spacial score (nSPS) is 43.2. The van der Waals surface area contributed by atoms with Crippen LogP contribution < -0.4 is 0 Å². The van der Waals surface area contributed by atoms with Gasteiger partial charge in [0.2, 0.25) is 0 Å². The Labute approximate surface area is 78.3 Å². The fraction of sp³-hybridized carbons (Fsp3) is 0.800. The van der Waals surface area contributed by atoms with Crippen molar-refractivity contribution in [3.05, 3.63) is 12.3 Å². The molecule has 3 heteroatoms. The number of fused-ring (bicyclic) bond motifs is 2. The van der Waals surface area contributed by atoms with E-state index in [1.54, 1.807) is 13.4 Å². The highest BCUT2D eigenvalue weighted by atomic mass is 16.5. The maximum atomic E-state index is 9.20. The number of aliphatic hydroxyl groups excluding tert-OH is 1. The summed E-state index contributed by atoms with van der Waals surface area (Å²) in [5.41, 5.74) is 0. The van der Waals surface area contributed by atoms with Gasteiger partial charge >= 0.3 is 0 Å². The molecule has 2 fully saturated rings. The molecule has 0 aromatic rings. The Morgan fingerprint density at radius 1 is 1.46 bits per heavy atom. The van der Waals surface area contributed by atoms with Gasteiger partial charge in [0.15, 0.2) is 0 Å². The van der Waals surface area contributed by atoms with Crippen LogP contribution in [0.3, 0.4) is 0 Å². The van der Waals surface area contributed by atoms with Crippen LogP contribution in [-0.2, 0) is 9.47 Å². The number of hydrogen-bond donors (Lipinski definition) is 1. The molecule has 0 amide bonds. The predicted molar refractivity (Wildman–Crippen MR) is 48.1 cm³/mol. The van der Waals surface area contributed by atoms with E-state index in [0.29, 0.717) is 12.0 Å². The van der Waals surface area contributed by atoms with Gasteiger partial charge in [0.25, 0.3) is 0 Å². The zero-order chi connectivity index (χ0) is 9.26. The molecule has 1 N–H and O–H groups in total. The summed E-state index contributed by atoms with van der Waals surface area (Å²) < 4.78 is 10.6. The number of rotatable bonds is 3. The Bertz CT molecular complexity index is 202. The van der Waals surface area contributed by atoms with Crippen LogP contribution in [0.25, 0.3) is 0 Å². The molecule has 2 heterocycles. The van der Waals surface area contributed by atoms with E-state index >= 15 is 0 Å². The molecule has 0 radical (unpaired) electrons. The first-order valence-electron chi connectivity index (χ1n) is 4.82. The highest BCUT2D eigenvalue weighted by Crippen LogP contribution is 2.43. The molecular formula is C10H16O3. The summed E-state index contributed by atoms with van der Waals surface area (Å²) >= 11 is 0. The molecule has 2 unspecified atom stereocenters. The van der Waals surface area contributed by atoms with Crippen molar-refractivity contribution in [2.24, 2.45) is 11.8 Å². The van der Waals surface area contributed by atoms with Gasteiger partial charge in [-0.15, -0.1) is 0 Å². The lowest BCUT2D eigenvalue weighted by Gasteiger charge is -2.23. The molecule has 2 aliphatic heterocycles. The van der Waals surface area contributed by atoms with Crippen molar-refractivity contribution in [3.8, 4) is 0 Å². The maximum Gasteiger partial charge on any atom is 0.0788 e. The van der Waals surface area contributed by atoms with E-state index in [1.165, 1.54) is 0 Å². The Hall–Kier alpha value is -0.540. The molecule has 0 aromatic carbocycles. The lowest BCUT2D eigenvalue weighted by molar-refractivity contribution is 0.0790. The Morgan fingerprint density at radius 3 is 2.92 bits per heavy atom. The second kappa shape index (κ2) is 3.68. The topological polar surface area (TPSA) is 38.7 Å². The lowest BCUT2D eigenvalue weighted by Crippen LogP contribution is -2.28. The monoisotopic (exact) mass is 184 g/mol. The fourth-order valence-corrected chi connectivity index (χ4v) is 2.49. The molecule has 0 spiro atoms. The minimum atomic E-state index is 0.222. The summed E-state index contributed by atoms with van der Waals surface area (Å²) in [6, 6.07) is 0. The first kappa shape index (κ1) is 9.03. The molecule has 0 aromatic heterocycles. The molecule has 2 rings (SSSR count). The van der Waals surface area contributed by atoms with Crippen LogP contribution in [-0.4, -0.2) is 31.0 Å². The van der Waals surface area contributed by atoms with Gasteiger partial charge < -0.3 is 14.6 Å².